The summed E-state index contributed by atoms with van der Waals surface area (Å²) < 4.78 is 0. The zero-order valence-corrected chi connectivity index (χ0v) is 41.3. The lowest BCUT2D eigenvalue weighted by molar-refractivity contribution is 1.26. The molecule has 0 bridgehead atoms. The third-order valence-corrected chi connectivity index (χ3v) is 17.4. The van der Waals surface area contributed by atoms with Crippen molar-refractivity contribution in [2.45, 2.75) is 60.1 Å². The van der Waals surface area contributed by atoms with E-state index in [4.69, 9.17) is 0 Å². The van der Waals surface area contributed by atoms with Gasteiger partial charge in [0.15, 0.2) is 0 Å². The maximum atomic E-state index is 2.55. The molecule has 0 heterocycles. The van der Waals surface area contributed by atoms with Gasteiger partial charge in [0.2, 0.25) is 0 Å². The second-order valence-electron chi connectivity index (χ2n) is 20.1. The molecule has 10 rings (SSSR count). The Labute approximate surface area is 387 Å². The summed E-state index contributed by atoms with van der Waals surface area (Å²) in [6, 6.07) is 71.0. The van der Waals surface area contributed by atoms with E-state index in [0.29, 0.717) is 0 Å². The van der Waals surface area contributed by atoms with Gasteiger partial charge < -0.3 is 9.80 Å². The lowest BCUT2D eigenvalue weighted by Crippen LogP contribution is -2.38. The molecule has 10 aromatic rings. The van der Waals surface area contributed by atoms with Crippen LogP contribution in [0.25, 0.3) is 54.6 Å². The van der Waals surface area contributed by atoms with E-state index in [2.05, 4.69) is 258 Å². The summed E-state index contributed by atoms with van der Waals surface area (Å²) in [5, 5.41) is 10.5. The highest BCUT2D eigenvalue weighted by molar-refractivity contribution is 6.89. The van der Waals surface area contributed by atoms with E-state index in [1.54, 1.807) is 0 Å². The average molecular weight is 875 g/mol. The first-order valence-corrected chi connectivity index (χ1v) is 30.1. The number of aryl methyl sites for hydroxylation is 3. The Morgan fingerprint density at radius 3 is 1.28 bits per heavy atom. The smallest absolute Gasteiger partial charge is 0.0777 e. The summed E-state index contributed by atoms with van der Waals surface area (Å²) in [6.45, 7) is 21.5. The molecule has 0 radical (unpaired) electrons. The topological polar surface area (TPSA) is 6.48 Å². The van der Waals surface area contributed by atoms with Crippen LogP contribution in [0, 0.1) is 20.8 Å². The van der Waals surface area contributed by atoms with E-state index in [9.17, 15) is 0 Å². The van der Waals surface area contributed by atoms with Crippen molar-refractivity contribution in [1.82, 2.24) is 0 Å². The van der Waals surface area contributed by atoms with Crippen LogP contribution in [0.2, 0.25) is 39.3 Å². The van der Waals surface area contributed by atoms with Crippen LogP contribution in [0.3, 0.4) is 0 Å². The van der Waals surface area contributed by atoms with Gasteiger partial charge in [-0.15, -0.1) is 0 Å². The molecular weight excluding hydrogens is 817 g/mol. The van der Waals surface area contributed by atoms with Crippen molar-refractivity contribution in [1.29, 1.82) is 0 Å². The number of hydrogen-bond donors (Lipinski definition) is 0. The molecule has 0 fully saturated rings. The summed E-state index contributed by atoms with van der Waals surface area (Å²) in [6.07, 6.45) is 0. The first-order valence-electron chi connectivity index (χ1n) is 23.1. The van der Waals surface area contributed by atoms with Gasteiger partial charge in [-0.05, 0) is 130 Å². The molecule has 10 aromatic carbocycles. The molecule has 0 unspecified atom stereocenters. The van der Waals surface area contributed by atoms with E-state index in [-0.39, 0.29) is 0 Å². The van der Waals surface area contributed by atoms with Gasteiger partial charge in [0.05, 0.1) is 27.5 Å². The van der Waals surface area contributed by atoms with E-state index in [1.165, 1.54) is 116 Å². The maximum absolute atomic E-state index is 2.55. The Hall–Kier alpha value is -6.73. The molecule has 0 amide bonds. The molecule has 0 aliphatic carbocycles. The first kappa shape index (κ1) is 42.2. The van der Waals surface area contributed by atoms with Gasteiger partial charge in [0.25, 0.3) is 0 Å². The number of hydrogen-bond acceptors (Lipinski definition) is 2. The standard InChI is InChI=1S/C61H58N2Si2/c1-41-35-51(40-53(36-41)65(7,8)9)63(59-38-49(26-24-43(59)3)45-19-14-11-15-20-45)57-34-30-47-27-31-54-56(33-29-46-28-32-55(57)61(47)60(46)54)62(50-21-16-22-52(39-50)64(4,5)6)58-37-48(25-23-42(58)2)44-17-12-10-13-18-44/h10-40H,1-9H3. The van der Waals surface area contributed by atoms with Crippen molar-refractivity contribution in [3.8, 4) is 22.3 Å². The lowest BCUT2D eigenvalue weighted by Gasteiger charge is -2.32. The fourth-order valence-corrected chi connectivity index (χ4v) is 12.2. The summed E-state index contributed by atoms with van der Waals surface area (Å²) in [7, 11) is -3.31. The minimum atomic E-state index is -1.67. The monoisotopic (exact) mass is 874 g/mol. The Morgan fingerprint density at radius 2 is 0.785 bits per heavy atom. The molecule has 0 aliphatic rings. The van der Waals surface area contributed by atoms with E-state index in [0.717, 1.165) is 0 Å². The largest absolute Gasteiger partial charge is 0.310 e. The number of nitrogens with zero attached hydrogens (tertiary/aromatic N) is 2. The van der Waals surface area contributed by atoms with Crippen LogP contribution in [-0.2, 0) is 0 Å². The minimum Gasteiger partial charge on any atom is -0.310 e. The van der Waals surface area contributed by atoms with Gasteiger partial charge in [-0.2, -0.15) is 0 Å². The molecule has 0 atom stereocenters. The maximum Gasteiger partial charge on any atom is 0.0777 e. The van der Waals surface area contributed by atoms with Gasteiger partial charge in [-0.3, -0.25) is 0 Å². The number of anilines is 6. The zero-order valence-electron chi connectivity index (χ0n) is 39.3. The van der Waals surface area contributed by atoms with Gasteiger partial charge in [-0.1, -0.05) is 189 Å². The molecule has 4 heteroatoms. The first-order chi connectivity index (χ1) is 31.2. The predicted octanol–water partition coefficient (Wildman–Crippen LogP) is 16.9. The molecule has 0 saturated heterocycles. The number of benzene rings is 10. The molecule has 0 N–H and O–H groups in total. The van der Waals surface area contributed by atoms with Crippen LogP contribution in [0.5, 0.6) is 0 Å². The molecule has 320 valence electrons. The highest BCUT2D eigenvalue weighted by atomic mass is 28.3. The zero-order chi connectivity index (χ0) is 45.2. The second kappa shape index (κ2) is 16.4. The van der Waals surface area contributed by atoms with Gasteiger partial charge in [0, 0.05) is 33.5 Å². The van der Waals surface area contributed by atoms with Crippen LogP contribution in [0.15, 0.2) is 188 Å². The fourth-order valence-electron chi connectivity index (χ4n) is 9.73. The Kier molecular flexibility index (Phi) is 10.6. The van der Waals surface area contributed by atoms with Crippen LogP contribution >= 0.6 is 0 Å². The van der Waals surface area contributed by atoms with Crippen LogP contribution in [0.1, 0.15) is 16.7 Å². The predicted molar refractivity (Wildman–Crippen MR) is 291 cm³/mol. The van der Waals surface area contributed by atoms with Crippen molar-refractivity contribution < 1.29 is 0 Å². The SMILES string of the molecule is Cc1cc(N(c2cc(-c3ccccc3)ccc2C)c2ccc3ccc4c(N(c5cccc([Si](C)(C)C)c5)c5cc(-c6ccccc6)ccc5C)ccc5ccc2c3c54)cc([Si](C)(C)C)c1. The van der Waals surface area contributed by atoms with Gasteiger partial charge >= 0.3 is 0 Å². The normalized spacial score (nSPS) is 12.1. The Bertz CT molecular complexity index is 3380. The molecule has 0 aromatic heterocycles. The second-order valence-corrected chi connectivity index (χ2v) is 30.3. The Balaban J connectivity index is 1.25. The van der Waals surface area contributed by atoms with E-state index in [1.807, 2.05) is 0 Å². The average Bonchev–Trinajstić information content (AvgIpc) is 3.30. The van der Waals surface area contributed by atoms with Crippen molar-refractivity contribution >= 4 is 93.0 Å². The summed E-state index contributed by atoms with van der Waals surface area (Å²) >= 11 is 0. The summed E-state index contributed by atoms with van der Waals surface area (Å²) in [4.78, 5) is 5.09. The Morgan fingerprint density at radius 1 is 0.323 bits per heavy atom. The van der Waals surface area contributed by atoms with E-state index < -0.39 is 16.1 Å². The number of rotatable bonds is 10. The van der Waals surface area contributed by atoms with Crippen molar-refractivity contribution in [3.05, 3.63) is 205 Å². The van der Waals surface area contributed by atoms with Crippen molar-refractivity contribution in [2.24, 2.45) is 0 Å². The third kappa shape index (κ3) is 7.85. The summed E-state index contributed by atoms with van der Waals surface area (Å²) in [5.74, 6) is 0. The molecule has 0 aliphatic heterocycles. The molecule has 65 heavy (non-hydrogen) atoms. The van der Waals surface area contributed by atoms with Crippen molar-refractivity contribution in [3.63, 3.8) is 0 Å². The minimum absolute atomic E-state index is 1.18. The fraction of sp³-hybridized carbons (Fsp3) is 0.148. The van der Waals surface area contributed by atoms with Crippen molar-refractivity contribution in [2.75, 3.05) is 9.80 Å². The van der Waals surface area contributed by atoms with Crippen LogP contribution in [0.4, 0.5) is 34.1 Å². The summed E-state index contributed by atoms with van der Waals surface area (Å²) in [5.41, 5.74) is 15.7. The van der Waals surface area contributed by atoms with Crippen LogP contribution < -0.4 is 20.2 Å². The molecule has 2 nitrogen and oxygen atoms in total. The van der Waals surface area contributed by atoms with Gasteiger partial charge in [0.1, 0.15) is 0 Å². The lowest BCUT2D eigenvalue weighted by atomic mass is 9.91. The quantitative estimate of drug-likeness (QED) is 0.0998. The van der Waals surface area contributed by atoms with Crippen LogP contribution in [-0.4, -0.2) is 16.1 Å². The third-order valence-electron chi connectivity index (χ3n) is 13.4. The highest BCUT2D eigenvalue weighted by Crippen LogP contribution is 2.49. The molecule has 0 spiro atoms. The van der Waals surface area contributed by atoms with Gasteiger partial charge in [-0.25, -0.2) is 0 Å². The highest BCUT2D eigenvalue weighted by Gasteiger charge is 2.26. The molecular formula is C61H58N2Si2. The molecule has 0 saturated carbocycles. The van der Waals surface area contributed by atoms with E-state index >= 15 is 0 Å².